The summed E-state index contributed by atoms with van der Waals surface area (Å²) in [6.45, 7) is 0. The van der Waals surface area contributed by atoms with E-state index in [0.29, 0.717) is 29.7 Å². The summed E-state index contributed by atoms with van der Waals surface area (Å²) in [6.07, 6.45) is 0.815. The molecule has 1 aliphatic heterocycles. The number of hydrogen-bond donors (Lipinski definition) is 2. The second-order valence-electron chi connectivity index (χ2n) is 5.83. The number of aromatic hydroxyl groups is 1. The van der Waals surface area contributed by atoms with Gasteiger partial charge in [-0.2, -0.15) is 0 Å². The molecule has 0 bridgehead atoms. The number of ether oxygens (including phenoxy) is 3. The molecule has 124 valence electrons. The molecule has 1 aliphatic carbocycles. The lowest BCUT2D eigenvalue weighted by molar-refractivity contribution is -0.150. The van der Waals surface area contributed by atoms with Crippen LogP contribution in [-0.4, -0.2) is 48.5 Å². The van der Waals surface area contributed by atoms with Crippen molar-refractivity contribution in [2.75, 3.05) is 14.2 Å². The molecule has 2 N–H and O–H groups in total. The number of hydrogen-bond acceptors (Lipinski definition) is 6. The Bertz CT molecular complexity index is 638. The zero-order valence-electron chi connectivity index (χ0n) is 13.1. The highest BCUT2D eigenvalue weighted by Gasteiger charge is 2.46. The second-order valence-corrected chi connectivity index (χ2v) is 5.83. The first-order valence-corrected chi connectivity index (χ1v) is 7.55. The highest BCUT2D eigenvalue weighted by Crippen LogP contribution is 2.39. The fraction of sp³-hybridized carbons (Fsp3) is 0.471. The zero-order chi connectivity index (χ0) is 16.6. The first-order valence-electron chi connectivity index (χ1n) is 7.55. The Morgan fingerprint density at radius 3 is 2.70 bits per heavy atom. The van der Waals surface area contributed by atoms with E-state index in [1.54, 1.807) is 12.1 Å². The van der Waals surface area contributed by atoms with Gasteiger partial charge in [-0.15, -0.1) is 0 Å². The van der Waals surface area contributed by atoms with Gasteiger partial charge < -0.3 is 24.4 Å². The highest BCUT2D eigenvalue weighted by molar-refractivity contribution is 6.22. The summed E-state index contributed by atoms with van der Waals surface area (Å²) >= 11 is 0. The Morgan fingerprint density at radius 1 is 1.26 bits per heavy atom. The number of carbonyl (C=O) groups excluding carboxylic acids is 1. The third-order valence-electron chi connectivity index (χ3n) is 4.58. The molecular weight excluding hydrogens is 300 g/mol. The maximum Gasteiger partial charge on any atom is 0.173 e. The average Bonchev–Trinajstić information content (AvgIpc) is 2.55. The molecule has 0 spiro atoms. The lowest BCUT2D eigenvalue weighted by Crippen LogP contribution is -2.52. The molecule has 0 saturated heterocycles. The number of phenolic OH excluding ortho intramolecular Hbond substituents is 1. The minimum absolute atomic E-state index is 0.0327. The van der Waals surface area contributed by atoms with Gasteiger partial charge in [-0.25, -0.2) is 0 Å². The van der Waals surface area contributed by atoms with Crippen molar-refractivity contribution >= 4 is 11.4 Å². The lowest BCUT2D eigenvalue weighted by Gasteiger charge is -2.41. The van der Waals surface area contributed by atoms with Crippen LogP contribution in [0.4, 0.5) is 0 Å². The maximum absolute atomic E-state index is 12.8. The van der Waals surface area contributed by atoms with Crippen LogP contribution in [-0.2, 0) is 14.3 Å². The minimum atomic E-state index is -0.631. The molecule has 23 heavy (non-hydrogen) atoms. The molecule has 0 amide bonds. The fourth-order valence-corrected chi connectivity index (χ4v) is 3.34. The summed E-state index contributed by atoms with van der Waals surface area (Å²) in [6, 6.07) is 4.79. The van der Waals surface area contributed by atoms with Gasteiger partial charge >= 0.3 is 0 Å². The van der Waals surface area contributed by atoms with Crippen LogP contribution in [0.1, 0.15) is 18.4 Å². The van der Waals surface area contributed by atoms with Gasteiger partial charge in [-0.1, -0.05) is 6.07 Å². The Hall–Kier alpha value is -2.05. The van der Waals surface area contributed by atoms with Crippen molar-refractivity contribution < 1.29 is 29.2 Å². The molecule has 1 saturated carbocycles. The maximum atomic E-state index is 12.8. The van der Waals surface area contributed by atoms with E-state index in [-0.39, 0.29) is 17.5 Å². The van der Waals surface area contributed by atoms with Crippen molar-refractivity contribution in [1.82, 2.24) is 0 Å². The monoisotopic (exact) mass is 320 g/mol. The van der Waals surface area contributed by atoms with E-state index in [1.165, 1.54) is 26.5 Å². The number of aliphatic hydroxyl groups is 1. The number of aliphatic hydroxyl groups excluding tert-OH is 1. The molecule has 4 atom stereocenters. The topological polar surface area (TPSA) is 85.2 Å². The first-order chi connectivity index (χ1) is 11.1. The Labute approximate surface area is 134 Å². The third kappa shape index (κ3) is 2.68. The summed E-state index contributed by atoms with van der Waals surface area (Å²) in [5.41, 5.74) is 0.988. The van der Waals surface area contributed by atoms with E-state index in [0.717, 1.165) is 0 Å². The van der Waals surface area contributed by atoms with Crippen molar-refractivity contribution in [2.45, 2.75) is 31.2 Å². The summed E-state index contributed by atoms with van der Waals surface area (Å²) < 4.78 is 16.0. The summed E-state index contributed by atoms with van der Waals surface area (Å²) in [4.78, 5) is 12.8. The zero-order valence-corrected chi connectivity index (χ0v) is 13.1. The van der Waals surface area contributed by atoms with Gasteiger partial charge in [0.1, 0.15) is 12.2 Å². The second kappa shape index (κ2) is 6.22. The molecule has 0 radical (unpaired) electrons. The minimum Gasteiger partial charge on any atom is -0.504 e. The molecule has 1 heterocycles. The lowest BCUT2D eigenvalue weighted by atomic mass is 9.76. The smallest absolute Gasteiger partial charge is 0.173 e. The van der Waals surface area contributed by atoms with Gasteiger partial charge in [0, 0.05) is 7.11 Å². The van der Waals surface area contributed by atoms with Crippen molar-refractivity contribution in [3.63, 3.8) is 0 Å². The standard InChI is InChI=1S/C17H20O6/c1-21-14-6-3-9(7-13(14)19)11-8-23-16-10(15(11)20)4-5-12(18)17(16)22-2/h3,6-8,10,12,16-19H,4-5H2,1-2H3. The van der Waals surface area contributed by atoms with E-state index in [2.05, 4.69) is 0 Å². The number of phenols is 1. The van der Waals surface area contributed by atoms with E-state index in [9.17, 15) is 15.0 Å². The van der Waals surface area contributed by atoms with Gasteiger partial charge in [0.25, 0.3) is 0 Å². The highest BCUT2D eigenvalue weighted by atomic mass is 16.5. The number of Topliss-reactive ketones (excluding diaryl/α,β-unsaturated/α-hetero) is 1. The fourth-order valence-electron chi connectivity index (χ4n) is 3.34. The first kappa shape index (κ1) is 15.8. The van der Waals surface area contributed by atoms with Crippen LogP contribution in [0.2, 0.25) is 0 Å². The molecule has 2 aliphatic rings. The van der Waals surface area contributed by atoms with E-state index in [1.807, 2.05) is 0 Å². The van der Waals surface area contributed by atoms with Crippen molar-refractivity contribution in [3.8, 4) is 11.5 Å². The van der Waals surface area contributed by atoms with E-state index >= 15 is 0 Å². The largest absolute Gasteiger partial charge is 0.504 e. The number of carbonyl (C=O) groups is 1. The average molecular weight is 320 g/mol. The van der Waals surface area contributed by atoms with Crippen LogP contribution in [0.5, 0.6) is 11.5 Å². The van der Waals surface area contributed by atoms with Crippen LogP contribution in [0.25, 0.3) is 5.57 Å². The molecule has 1 fully saturated rings. The molecular formula is C17H20O6. The van der Waals surface area contributed by atoms with Crippen LogP contribution < -0.4 is 4.74 Å². The van der Waals surface area contributed by atoms with Gasteiger partial charge in [0.2, 0.25) is 0 Å². The van der Waals surface area contributed by atoms with Crippen molar-refractivity contribution in [2.24, 2.45) is 5.92 Å². The van der Waals surface area contributed by atoms with Gasteiger partial charge in [0.15, 0.2) is 17.3 Å². The number of rotatable bonds is 3. The summed E-state index contributed by atoms with van der Waals surface area (Å²) in [5, 5.41) is 19.9. The molecule has 3 rings (SSSR count). The van der Waals surface area contributed by atoms with Crippen molar-refractivity contribution in [1.29, 1.82) is 0 Å². The van der Waals surface area contributed by atoms with Crippen LogP contribution >= 0.6 is 0 Å². The number of methoxy groups -OCH3 is 2. The Kier molecular flexibility index (Phi) is 4.28. The predicted molar refractivity (Wildman–Crippen MR) is 82.0 cm³/mol. The summed E-state index contributed by atoms with van der Waals surface area (Å²) in [5.74, 6) is -0.0985. The number of benzene rings is 1. The molecule has 4 unspecified atom stereocenters. The quantitative estimate of drug-likeness (QED) is 0.878. The molecule has 1 aromatic carbocycles. The summed E-state index contributed by atoms with van der Waals surface area (Å²) in [7, 11) is 2.97. The molecule has 6 nitrogen and oxygen atoms in total. The van der Waals surface area contributed by atoms with Gasteiger partial charge in [0.05, 0.1) is 31.0 Å². The predicted octanol–water partition coefficient (Wildman–Crippen LogP) is 1.50. The number of ketones is 1. The normalized spacial score (nSPS) is 30.2. The van der Waals surface area contributed by atoms with Crippen molar-refractivity contribution in [3.05, 3.63) is 30.0 Å². The Balaban J connectivity index is 1.91. The van der Waals surface area contributed by atoms with Crippen LogP contribution in [0.3, 0.4) is 0 Å². The molecule has 1 aromatic rings. The molecule has 6 heteroatoms. The van der Waals surface area contributed by atoms with Gasteiger partial charge in [-0.3, -0.25) is 4.79 Å². The number of fused-ring (bicyclic) bond motifs is 1. The molecule has 0 aromatic heterocycles. The third-order valence-corrected chi connectivity index (χ3v) is 4.58. The van der Waals surface area contributed by atoms with Crippen LogP contribution in [0.15, 0.2) is 24.5 Å². The van der Waals surface area contributed by atoms with Crippen LogP contribution in [0, 0.1) is 5.92 Å². The number of allylic oxidation sites excluding steroid dienone is 1. The van der Waals surface area contributed by atoms with Gasteiger partial charge in [-0.05, 0) is 30.5 Å². The van der Waals surface area contributed by atoms with E-state index in [4.69, 9.17) is 14.2 Å². The Morgan fingerprint density at radius 2 is 2.04 bits per heavy atom. The van der Waals surface area contributed by atoms with E-state index < -0.39 is 18.3 Å². The SMILES string of the molecule is COc1ccc(C2=COC3C(CCC(O)C3OC)C2=O)cc1O.